The van der Waals surface area contributed by atoms with Gasteiger partial charge in [-0.3, -0.25) is 9.59 Å². The zero-order valence-electron chi connectivity index (χ0n) is 19.3. The molecule has 0 heterocycles. The normalized spacial score (nSPS) is 11.5. The van der Waals surface area contributed by atoms with Gasteiger partial charge in [0.05, 0.1) is 26.5 Å². The van der Waals surface area contributed by atoms with Crippen molar-refractivity contribution in [2.75, 3.05) is 20.8 Å². The second-order valence-electron chi connectivity index (χ2n) is 7.36. The van der Waals surface area contributed by atoms with Crippen LogP contribution in [0.3, 0.4) is 0 Å². The van der Waals surface area contributed by atoms with Crippen molar-refractivity contribution in [1.29, 1.82) is 0 Å². The summed E-state index contributed by atoms with van der Waals surface area (Å²) in [6.45, 7) is 1.83. The molecule has 0 unspecified atom stereocenters. The molecule has 2 amide bonds. The van der Waals surface area contributed by atoms with Crippen molar-refractivity contribution in [2.24, 2.45) is 5.10 Å². The van der Waals surface area contributed by atoms with Crippen LogP contribution in [0.25, 0.3) is 0 Å². The van der Waals surface area contributed by atoms with Gasteiger partial charge in [0.25, 0.3) is 11.8 Å². The first kappa shape index (κ1) is 24.3. The number of methoxy groups -OCH3 is 2. The Kier molecular flexibility index (Phi) is 8.62. The molecule has 1 atom stereocenters. The Hall–Kier alpha value is -4.33. The lowest BCUT2D eigenvalue weighted by molar-refractivity contribution is -0.123. The molecule has 0 fully saturated rings. The lowest BCUT2D eigenvalue weighted by Crippen LogP contribution is -2.31. The van der Waals surface area contributed by atoms with Crippen LogP contribution in [0.15, 0.2) is 77.9 Å². The first-order chi connectivity index (χ1) is 16.5. The third-order valence-corrected chi connectivity index (χ3v) is 4.92. The number of amides is 2. The van der Waals surface area contributed by atoms with Crippen LogP contribution in [-0.4, -0.2) is 38.9 Å². The van der Waals surface area contributed by atoms with E-state index in [1.807, 2.05) is 37.3 Å². The van der Waals surface area contributed by atoms with Gasteiger partial charge >= 0.3 is 0 Å². The SMILES string of the molecule is COc1cc(OC)cc(C(=O)N/N=C/c2ccc(OCC(=O)N[C@@H](C)c3ccccc3)cc2)c1. The van der Waals surface area contributed by atoms with Crippen molar-refractivity contribution in [3.8, 4) is 17.2 Å². The minimum atomic E-state index is -0.399. The summed E-state index contributed by atoms with van der Waals surface area (Å²) in [4.78, 5) is 24.5. The van der Waals surface area contributed by atoms with Crippen LogP contribution in [0.5, 0.6) is 17.2 Å². The first-order valence-electron chi connectivity index (χ1n) is 10.6. The minimum Gasteiger partial charge on any atom is -0.497 e. The van der Waals surface area contributed by atoms with Crippen LogP contribution < -0.4 is 25.0 Å². The predicted molar refractivity (Wildman–Crippen MR) is 130 cm³/mol. The second-order valence-corrected chi connectivity index (χ2v) is 7.36. The molecule has 0 saturated heterocycles. The summed E-state index contributed by atoms with van der Waals surface area (Å²) in [7, 11) is 3.03. The van der Waals surface area contributed by atoms with E-state index < -0.39 is 5.91 Å². The van der Waals surface area contributed by atoms with E-state index in [1.165, 1.54) is 20.4 Å². The average Bonchev–Trinajstić information content (AvgIpc) is 2.88. The highest BCUT2D eigenvalue weighted by molar-refractivity contribution is 5.95. The van der Waals surface area contributed by atoms with Crippen molar-refractivity contribution in [2.45, 2.75) is 13.0 Å². The molecule has 8 nitrogen and oxygen atoms in total. The van der Waals surface area contributed by atoms with Crippen LogP contribution >= 0.6 is 0 Å². The number of ether oxygens (including phenoxy) is 3. The van der Waals surface area contributed by atoms with Gasteiger partial charge in [0, 0.05) is 11.6 Å². The molecule has 3 aromatic carbocycles. The van der Waals surface area contributed by atoms with Crippen molar-refractivity contribution >= 4 is 18.0 Å². The molecular weight excluding hydrogens is 434 g/mol. The van der Waals surface area contributed by atoms with E-state index in [2.05, 4.69) is 15.8 Å². The van der Waals surface area contributed by atoms with E-state index in [4.69, 9.17) is 14.2 Å². The first-order valence-corrected chi connectivity index (χ1v) is 10.6. The topological polar surface area (TPSA) is 98.2 Å². The summed E-state index contributed by atoms with van der Waals surface area (Å²) in [5.41, 5.74) is 4.60. The number of carbonyl (C=O) groups excluding carboxylic acids is 2. The van der Waals surface area contributed by atoms with E-state index in [0.717, 1.165) is 11.1 Å². The molecule has 0 aliphatic heterocycles. The second kappa shape index (κ2) is 12.1. The third kappa shape index (κ3) is 7.09. The molecule has 3 aromatic rings. The van der Waals surface area contributed by atoms with Gasteiger partial charge < -0.3 is 19.5 Å². The van der Waals surface area contributed by atoms with Gasteiger partial charge in [0.15, 0.2) is 6.61 Å². The maximum absolute atomic E-state index is 12.3. The van der Waals surface area contributed by atoms with Crippen molar-refractivity contribution in [3.63, 3.8) is 0 Å². The lowest BCUT2D eigenvalue weighted by Gasteiger charge is -2.14. The highest BCUT2D eigenvalue weighted by atomic mass is 16.5. The van der Waals surface area contributed by atoms with Crippen molar-refractivity contribution in [1.82, 2.24) is 10.7 Å². The monoisotopic (exact) mass is 461 g/mol. The Morgan fingerprint density at radius 1 is 0.912 bits per heavy atom. The molecule has 0 aliphatic rings. The molecule has 0 radical (unpaired) electrons. The largest absolute Gasteiger partial charge is 0.497 e. The van der Waals surface area contributed by atoms with E-state index in [1.54, 1.807) is 42.5 Å². The highest BCUT2D eigenvalue weighted by Gasteiger charge is 2.10. The van der Waals surface area contributed by atoms with E-state index in [9.17, 15) is 9.59 Å². The third-order valence-electron chi connectivity index (χ3n) is 4.92. The fourth-order valence-corrected chi connectivity index (χ4v) is 3.08. The Bertz CT molecular complexity index is 1110. The number of hydrogen-bond donors (Lipinski definition) is 2. The van der Waals surface area contributed by atoms with Gasteiger partial charge in [-0.05, 0) is 54.4 Å². The molecule has 0 aromatic heterocycles. The predicted octanol–water partition coefficient (Wildman–Crippen LogP) is 3.72. The molecule has 34 heavy (non-hydrogen) atoms. The fourth-order valence-electron chi connectivity index (χ4n) is 3.08. The number of benzene rings is 3. The Balaban J connectivity index is 1.48. The molecule has 0 saturated carbocycles. The van der Waals surface area contributed by atoms with Gasteiger partial charge in [0.1, 0.15) is 17.2 Å². The zero-order valence-corrected chi connectivity index (χ0v) is 19.3. The number of hydrazone groups is 1. The highest BCUT2D eigenvalue weighted by Crippen LogP contribution is 2.22. The number of rotatable bonds is 10. The van der Waals surface area contributed by atoms with Crippen LogP contribution in [0.4, 0.5) is 0 Å². The molecule has 0 aliphatic carbocycles. The van der Waals surface area contributed by atoms with Gasteiger partial charge in [-0.2, -0.15) is 5.10 Å². The number of carbonyl (C=O) groups is 2. The molecule has 2 N–H and O–H groups in total. The molecule has 0 spiro atoms. The Morgan fingerprint density at radius 3 is 2.18 bits per heavy atom. The maximum atomic E-state index is 12.3. The molecule has 8 heteroatoms. The maximum Gasteiger partial charge on any atom is 0.271 e. The van der Waals surface area contributed by atoms with Crippen LogP contribution in [-0.2, 0) is 4.79 Å². The van der Waals surface area contributed by atoms with Gasteiger partial charge in [0.2, 0.25) is 0 Å². The van der Waals surface area contributed by atoms with Gasteiger partial charge in [-0.25, -0.2) is 5.43 Å². The van der Waals surface area contributed by atoms with Crippen LogP contribution in [0, 0.1) is 0 Å². The number of nitrogens with zero attached hydrogens (tertiary/aromatic N) is 1. The zero-order chi connectivity index (χ0) is 24.3. The lowest BCUT2D eigenvalue weighted by atomic mass is 10.1. The van der Waals surface area contributed by atoms with Crippen molar-refractivity contribution < 1.29 is 23.8 Å². The smallest absolute Gasteiger partial charge is 0.271 e. The summed E-state index contributed by atoms with van der Waals surface area (Å²) >= 11 is 0. The number of hydrogen-bond acceptors (Lipinski definition) is 6. The molecule has 0 bridgehead atoms. The summed E-state index contributed by atoms with van der Waals surface area (Å²) in [5.74, 6) is 0.953. The van der Waals surface area contributed by atoms with Crippen LogP contribution in [0.2, 0.25) is 0 Å². The fraction of sp³-hybridized carbons (Fsp3) is 0.192. The number of nitrogens with one attached hydrogen (secondary N) is 2. The average molecular weight is 462 g/mol. The van der Waals surface area contributed by atoms with E-state index in [0.29, 0.717) is 22.8 Å². The summed E-state index contributed by atoms with van der Waals surface area (Å²) in [6, 6.07) is 21.5. The Labute approximate surface area is 198 Å². The molecule has 3 rings (SSSR count). The minimum absolute atomic E-state index is 0.0926. The van der Waals surface area contributed by atoms with E-state index >= 15 is 0 Å². The van der Waals surface area contributed by atoms with Crippen LogP contribution in [0.1, 0.15) is 34.5 Å². The van der Waals surface area contributed by atoms with Crippen molar-refractivity contribution in [3.05, 3.63) is 89.5 Å². The molecular formula is C26H27N3O5. The van der Waals surface area contributed by atoms with Gasteiger partial charge in [-0.1, -0.05) is 30.3 Å². The Morgan fingerprint density at radius 2 is 1.56 bits per heavy atom. The summed E-state index contributed by atoms with van der Waals surface area (Å²) in [5, 5.41) is 6.89. The summed E-state index contributed by atoms with van der Waals surface area (Å²) in [6.07, 6.45) is 1.51. The quantitative estimate of drug-likeness (QED) is 0.354. The standard InChI is InChI=1S/C26H27N3O5/c1-18(20-7-5-4-6-8-20)28-25(30)17-34-22-11-9-19(10-12-22)16-27-29-26(31)21-13-23(32-2)15-24(14-21)33-3/h4-16,18H,17H2,1-3H3,(H,28,30)(H,29,31)/b27-16+/t18-/m0/s1. The summed E-state index contributed by atoms with van der Waals surface area (Å²) < 4.78 is 15.9. The van der Waals surface area contributed by atoms with Gasteiger partial charge in [-0.15, -0.1) is 0 Å². The van der Waals surface area contributed by atoms with E-state index in [-0.39, 0.29) is 18.6 Å². The molecule has 176 valence electrons.